The van der Waals surface area contributed by atoms with Crippen LogP contribution in [0.15, 0.2) is 388 Å². The van der Waals surface area contributed by atoms with E-state index in [0.29, 0.717) is 41.2 Å². The van der Waals surface area contributed by atoms with Crippen molar-refractivity contribution in [3.8, 4) is 112 Å². The van der Waals surface area contributed by atoms with Crippen molar-refractivity contribution in [2.24, 2.45) is 35.2 Å². The minimum atomic E-state index is -2.49. The van der Waals surface area contributed by atoms with E-state index in [2.05, 4.69) is 260 Å². The Balaban J connectivity index is 0.000000127. The van der Waals surface area contributed by atoms with Crippen LogP contribution in [-0.4, -0.2) is 4.57 Å². The molecule has 0 bridgehead atoms. The highest BCUT2D eigenvalue weighted by Crippen LogP contribution is 2.43. The van der Waals surface area contributed by atoms with Gasteiger partial charge in [0, 0.05) is 78.8 Å². The van der Waals surface area contributed by atoms with Crippen LogP contribution in [0.1, 0.15) is 152 Å². The summed E-state index contributed by atoms with van der Waals surface area (Å²) in [6.07, 6.45) is 0.478. The molecular formula is C136H133N6+5. The third-order valence-corrected chi connectivity index (χ3v) is 28.3. The third-order valence-electron chi connectivity index (χ3n) is 28.3. The summed E-state index contributed by atoms with van der Waals surface area (Å²) in [4.78, 5) is 0. The van der Waals surface area contributed by atoms with Crippen LogP contribution >= 0.6 is 0 Å². The first-order valence-corrected chi connectivity index (χ1v) is 48.9. The number of pyridine rings is 5. The van der Waals surface area contributed by atoms with Gasteiger partial charge in [-0.15, -0.1) is 0 Å². The maximum absolute atomic E-state index is 8.97. The summed E-state index contributed by atoms with van der Waals surface area (Å²) in [7, 11) is 9.54. The molecule has 6 heteroatoms. The fraction of sp³-hybridized carbons (Fsp3) is 0.184. The molecular weight excluding hydrogens is 1720 g/mol. The highest BCUT2D eigenvalue weighted by Gasteiger charge is 2.28. The Morgan fingerprint density at radius 1 is 0.261 bits per heavy atom. The van der Waals surface area contributed by atoms with E-state index in [4.69, 9.17) is 20.6 Å². The lowest BCUT2D eigenvalue weighted by molar-refractivity contribution is -0.665. The third kappa shape index (κ3) is 19.7. The first-order chi connectivity index (χ1) is 74.6. The van der Waals surface area contributed by atoms with E-state index in [1.165, 1.54) is 62.1 Å². The van der Waals surface area contributed by atoms with Crippen molar-refractivity contribution in [3.05, 3.63) is 461 Å². The Bertz CT molecular complexity index is 9230. The standard InChI is InChI=1S/C33H31N2.2C27H28N.C25H24N.C24H22N/c1-21(2)35-31-14-10-9-13-28(31)30-17-22(3)29(20-32(30)35)33-27-16-15-25(24-11-7-6-8-12-24)19-26(27)18-23(4)34(33)5;2*1-18(2)24-15-19(3)20(4)26(17-24)27-25-12-11-22(21-9-7-6-8-10-21)16-23(25)13-14-28(27)5;1-17-14-18(2)19(3)24(15-17)25-23-11-10-21(20-8-6-5-7-9-20)16-22(23)12-13-26(25)4;1-17-9-7-8-12-22(17)24-23-14-13-20(19-10-5-4-6-11-19)16-21(23)15-18(2)25(24)3/h6-21H,1-5H3;2*6-18H,1-5H3;5-16H,1-4H3;4-16H,1-3H3/q5*+1/i18D;1D3,13D,14D,18D;13D,14D,18D;12D,13D;8D,9D,15D. The number of fused-ring (bicyclic) bond motifs is 8. The second-order valence-corrected chi connectivity index (χ2v) is 38.4. The zero-order valence-corrected chi connectivity index (χ0v) is 85.4. The minimum absolute atomic E-state index is 0.0691. The van der Waals surface area contributed by atoms with Gasteiger partial charge < -0.3 is 4.57 Å². The Kier molecular flexibility index (Phi) is 23.1. The molecule has 0 saturated carbocycles. The van der Waals surface area contributed by atoms with Crippen molar-refractivity contribution in [2.75, 3.05) is 0 Å². The average molecular weight is 1870 g/mol. The molecule has 0 saturated heterocycles. The van der Waals surface area contributed by atoms with Crippen LogP contribution in [0.5, 0.6) is 0 Å². The predicted molar refractivity (Wildman–Crippen MR) is 604 cm³/mol. The van der Waals surface area contributed by atoms with Crippen LogP contribution in [-0.2, 0) is 35.2 Å². The Morgan fingerprint density at radius 2 is 0.606 bits per heavy atom. The summed E-state index contributed by atoms with van der Waals surface area (Å²) in [5.41, 5.74) is 36.1. The number of nitrogens with zero attached hydrogens (tertiary/aromatic N) is 6. The molecule has 0 radical (unpaired) electrons. The first-order valence-electron chi connectivity index (χ1n) is 56.4. The van der Waals surface area contributed by atoms with Crippen molar-refractivity contribution in [3.63, 3.8) is 0 Å². The fourth-order valence-electron chi connectivity index (χ4n) is 20.0. The van der Waals surface area contributed by atoms with E-state index in [0.717, 1.165) is 194 Å². The molecule has 702 valence electrons. The lowest BCUT2D eigenvalue weighted by Gasteiger charge is -2.15. The molecule has 6 heterocycles. The van der Waals surface area contributed by atoms with Crippen LogP contribution in [0, 0.1) is 76.2 Å². The second kappa shape index (κ2) is 41.4. The number of benzene rings is 16. The first kappa shape index (κ1) is 79.2. The molecule has 16 aromatic carbocycles. The molecule has 0 aliphatic heterocycles. The van der Waals surface area contributed by atoms with Crippen LogP contribution in [0.4, 0.5) is 0 Å². The topological polar surface area (TPSA) is 24.3 Å². The number of para-hydroxylation sites is 1. The monoisotopic (exact) mass is 1870 g/mol. The SMILES string of the molecule is [2H]c1c(C)[n+](C)c(-c2cc3c(cc2C)c2ccccc2n3C(C)C)c2ccc(-c3ccccc3)cc12.[2H]c1c([2H])[n+](C)c(-c2cc(C([2H])(C)C([2H])([2H])[2H])cc(C)c2C)c2ccc(-c3ccccc3)cc12.[2H]c1c([2H])[n+](C)c(-c2cc(C([2H])(C)C)cc(C)c2C)c2ccc(-c3ccccc3)cc12.[2H]c1c([2H])[n+](C)c(-c2cc(C)cc(C)c2C)c2ccc(-c3ccccc3)cc12.[2H]c1cc([2H])c(C)c(-c2c3ccc(-c4ccccc4)cc3c([2H])c(C)[n+]2C)c1. The quantitative estimate of drug-likeness (QED) is 0.103. The van der Waals surface area contributed by atoms with Crippen molar-refractivity contribution in [1.29, 1.82) is 0 Å². The van der Waals surface area contributed by atoms with Gasteiger partial charge in [0.05, 0.1) is 64.3 Å². The molecule has 0 amide bonds. The van der Waals surface area contributed by atoms with Crippen LogP contribution in [0.25, 0.3) is 188 Å². The van der Waals surface area contributed by atoms with Gasteiger partial charge in [-0.1, -0.05) is 270 Å². The molecule has 0 spiro atoms. The molecule has 1 atom stereocenters. The number of aromatic nitrogens is 6. The zero-order valence-electron chi connectivity index (χ0n) is 100. The summed E-state index contributed by atoms with van der Waals surface area (Å²) in [5.74, 6) is -2.50. The van der Waals surface area contributed by atoms with Gasteiger partial charge in [-0.3, -0.25) is 0 Å². The van der Waals surface area contributed by atoms with Gasteiger partial charge in [0.1, 0.15) is 39.4 Å². The Labute approximate surface area is 862 Å². The second-order valence-electron chi connectivity index (χ2n) is 38.4. The largest absolute Gasteiger partial charge is 0.338 e. The molecule has 1 unspecified atom stereocenters. The number of hydrogen-bond acceptors (Lipinski definition) is 0. The molecule has 0 aliphatic carbocycles. The summed E-state index contributed by atoms with van der Waals surface area (Å²) in [6.45, 7) is 29.8. The van der Waals surface area contributed by atoms with Gasteiger partial charge in [-0.2, -0.15) is 9.13 Å². The smallest absolute Gasteiger partial charge is 0.220 e. The molecule has 22 rings (SSSR count). The Morgan fingerprint density at radius 3 is 0.986 bits per heavy atom. The van der Waals surface area contributed by atoms with Crippen molar-refractivity contribution >= 4 is 75.7 Å². The van der Waals surface area contributed by atoms with E-state index in [9.17, 15) is 0 Å². The van der Waals surface area contributed by atoms with Crippen molar-refractivity contribution < 1.29 is 43.4 Å². The number of rotatable bonds is 13. The molecule has 0 N–H and O–H groups in total. The minimum Gasteiger partial charge on any atom is -0.338 e. The molecule has 6 nitrogen and oxygen atoms in total. The molecule has 0 aliphatic rings. The molecule has 0 fully saturated rings. The van der Waals surface area contributed by atoms with E-state index in [1.807, 2.05) is 199 Å². The summed E-state index contributed by atoms with van der Waals surface area (Å²) >= 11 is 0. The Hall–Kier alpha value is -15.6. The number of hydrogen-bond donors (Lipinski definition) is 0. The van der Waals surface area contributed by atoms with E-state index in [-0.39, 0.29) is 36.6 Å². The summed E-state index contributed by atoms with van der Waals surface area (Å²) in [5, 5.41) is 11.6. The highest BCUT2D eigenvalue weighted by molar-refractivity contribution is 6.11. The average Bonchev–Trinajstić information content (AvgIpc) is 1.53. The van der Waals surface area contributed by atoms with Crippen molar-refractivity contribution in [2.45, 2.75) is 135 Å². The van der Waals surface area contributed by atoms with Crippen LogP contribution in [0.3, 0.4) is 0 Å². The predicted octanol–water partition coefficient (Wildman–Crippen LogP) is 33.3. The van der Waals surface area contributed by atoms with E-state index >= 15 is 0 Å². The van der Waals surface area contributed by atoms with Gasteiger partial charge in [-0.25, -0.2) is 13.7 Å². The lowest BCUT2D eigenvalue weighted by atomic mass is 9.90. The summed E-state index contributed by atoms with van der Waals surface area (Å²) < 4.78 is 138. The maximum atomic E-state index is 8.97. The number of aryl methyl sites for hydroxylation is 5. The van der Waals surface area contributed by atoms with Gasteiger partial charge in [0.15, 0.2) is 29.9 Å². The van der Waals surface area contributed by atoms with Gasteiger partial charge in [0.25, 0.3) is 0 Å². The molecule has 6 aromatic heterocycles. The van der Waals surface area contributed by atoms with Gasteiger partial charge >= 0.3 is 0 Å². The van der Waals surface area contributed by atoms with E-state index < -0.39 is 18.6 Å². The maximum Gasteiger partial charge on any atom is 0.220 e. The lowest BCUT2D eigenvalue weighted by Crippen LogP contribution is -2.35. The fourth-order valence-corrected chi connectivity index (χ4v) is 20.0. The van der Waals surface area contributed by atoms with E-state index in [1.54, 1.807) is 34.4 Å². The molecule has 22 aromatic rings. The highest BCUT2D eigenvalue weighted by atomic mass is 15.0. The molecule has 142 heavy (non-hydrogen) atoms. The van der Waals surface area contributed by atoms with Gasteiger partial charge in [-0.05, 0) is 329 Å². The van der Waals surface area contributed by atoms with Crippen LogP contribution in [0.2, 0.25) is 0 Å². The zero-order chi connectivity index (χ0) is 113. The van der Waals surface area contributed by atoms with Crippen LogP contribution < -0.4 is 22.8 Å². The van der Waals surface area contributed by atoms with Crippen molar-refractivity contribution in [1.82, 2.24) is 4.57 Å². The van der Waals surface area contributed by atoms with Gasteiger partial charge in [0.2, 0.25) is 28.5 Å². The summed E-state index contributed by atoms with van der Waals surface area (Å²) in [6, 6.07) is 114. The normalized spacial score (nSPS) is 13.4.